The van der Waals surface area contributed by atoms with Crippen LogP contribution in [-0.4, -0.2) is 35.2 Å². The lowest BCUT2D eigenvalue weighted by molar-refractivity contribution is 0.0660. The number of carbonyl (C=O) groups is 2. The Bertz CT molecular complexity index is 419. The second-order valence-electron chi connectivity index (χ2n) is 3.75. The van der Waals surface area contributed by atoms with E-state index in [1.54, 1.807) is 11.8 Å². The number of aromatic carboxylic acids is 1. The highest BCUT2D eigenvalue weighted by atomic mass is 32.2. The zero-order valence-corrected chi connectivity index (χ0v) is 11.0. The smallest absolute Gasteiger partial charge is 0.371 e. The van der Waals surface area contributed by atoms with Gasteiger partial charge in [-0.2, -0.15) is 11.8 Å². The summed E-state index contributed by atoms with van der Waals surface area (Å²) in [6.45, 7) is 2.07. The molecule has 1 aromatic rings. The molecule has 2 amide bonds. The van der Waals surface area contributed by atoms with Crippen molar-refractivity contribution < 1.29 is 19.1 Å². The lowest BCUT2D eigenvalue weighted by Crippen LogP contribution is -2.41. The summed E-state index contributed by atoms with van der Waals surface area (Å²) < 4.78 is 5.00. The molecule has 3 N–H and O–H groups in total. The number of amides is 2. The molecule has 0 aliphatic heterocycles. The van der Waals surface area contributed by atoms with Crippen molar-refractivity contribution in [3.05, 3.63) is 23.7 Å². The van der Waals surface area contributed by atoms with Crippen LogP contribution in [-0.2, 0) is 6.54 Å². The monoisotopic (exact) mass is 272 g/mol. The summed E-state index contributed by atoms with van der Waals surface area (Å²) in [4.78, 5) is 22.0. The largest absolute Gasteiger partial charge is 0.475 e. The third kappa shape index (κ3) is 4.70. The molecule has 6 nitrogen and oxygen atoms in total. The van der Waals surface area contributed by atoms with Gasteiger partial charge in [-0.05, 0) is 25.3 Å². The van der Waals surface area contributed by atoms with Crippen molar-refractivity contribution in [3.63, 3.8) is 0 Å². The van der Waals surface area contributed by atoms with Crippen LogP contribution in [0.4, 0.5) is 4.79 Å². The van der Waals surface area contributed by atoms with Crippen LogP contribution >= 0.6 is 11.8 Å². The Morgan fingerprint density at radius 1 is 1.50 bits per heavy atom. The van der Waals surface area contributed by atoms with E-state index in [0.717, 1.165) is 5.75 Å². The molecule has 0 aliphatic carbocycles. The Morgan fingerprint density at radius 2 is 2.22 bits per heavy atom. The third-order valence-electron chi connectivity index (χ3n) is 2.09. The molecule has 7 heteroatoms. The molecule has 1 heterocycles. The Hall–Kier alpha value is -1.63. The van der Waals surface area contributed by atoms with E-state index >= 15 is 0 Å². The highest BCUT2D eigenvalue weighted by molar-refractivity contribution is 7.98. The fourth-order valence-electron chi connectivity index (χ4n) is 1.32. The zero-order chi connectivity index (χ0) is 13.5. The number of carbonyl (C=O) groups excluding carboxylic acids is 1. The Balaban J connectivity index is 2.35. The normalized spacial score (nSPS) is 11.9. The van der Waals surface area contributed by atoms with Gasteiger partial charge in [0, 0.05) is 11.8 Å². The number of furan rings is 1. The van der Waals surface area contributed by atoms with Gasteiger partial charge in [0.2, 0.25) is 5.76 Å². The van der Waals surface area contributed by atoms with Crippen molar-refractivity contribution >= 4 is 23.8 Å². The SMILES string of the molecule is CSCC(C)NC(=O)NCc1ccc(C(=O)O)o1. The predicted octanol–water partition coefficient (Wildman–Crippen LogP) is 1.53. The maximum atomic E-state index is 11.5. The zero-order valence-electron chi connectivity index (χ0n) is 10.2. The van der Waals surface area contributed by atoms with Crippen LogP contribution in [0.2, 0.25) is 0 Å². The maximum Gasteiger partial charge on any atom is 0.371 e. The van der Waals surface area contributed by atoms with Crippen LogP contribution in [0, 0.1) is 0 Å². The van der Waals surface area contributed by atoms with Crippen LogP contribution < -0.4 is 10.6 Å². The summed E-state index contributed by atoms with van der Waals surface area (Å²) in [5, 5.41) is 14.0. The van der Waals surface area contributed by atoms with Gasteiger partial charge >= 0.3 is 12.0 Å². The van der Waals surface area contributed by atoms with Gasteiger partial charge < -0.3 is 20.2 Å². The number of thioether (sulfide) groups is 1. The highest BCUT2D eigenvalue weighted by Crippen LogP contribution is 2.07. The standard InChI is InChI=1S/C11H16N2O4S/c1-7(6-18-2)13-11(16)12-5-8-3-4-9(17-8)10(14)15/h3-4,7H,5-6H2,1-2H3,(H,14,15)(H2,12,13,16). The summed E-state index contributed by atoms with van der Waals surface area (Å²) in [5.74, 6) is -0.0283. The molecule has 0 saturated carbocycles. The van der Waals surface area contributed by atoms with Gasteiger partial charge in [-0.15, -0.1) is 0 Å². The molecule has 1 rings (SSSR count). The average molecular weight is 272 g/mol. The van der Waals surface area contributed by atoms with E-state index in [1.807, 2.05) is 13.2 Å². The second-order valence-corrected chi connectivity index (χ2v) is 4.67. The van der Waals surface area contributed by atoms with Crippen molar-refractivity contribution in [1.29, 1.82) is 0 Å². The number of nitrogens with one attached hydrogen (secondary N) is 2. The minimum atomic E-state index is -1.13. The highest BCUT2D eigenvalue weighted by Gasteiger charge is 2.10. The number of hydrogen-bond donors (Lipinski definition) is 3. The average Bonchev–Trinajstić information content (AvgIpc) is 2.75. The van der Waals surface area contributed by atoms with E-state index in [-0.39, 0.29) is 24.4 Å². The fourth-order valence-corrected chi connectivity index (χ4v) is 1.91. The van der Waals surface area contributed by atoms with Gasteiger partial charge in [0.1, 0.15) is 5.76 Å². The van der Waals surface area contributed by atoms with Crippen LogP contribution in [0.3, 0.4) is 0 Å². The lowest BCUT2D eigenvalue weighted by atomic mass is 10.4. The molecule has 100 valence electrons. The molecule has 1 atom stereocenters. The first-order valence-corrected chi connectivity index (χ1v) is 6.77. The van der Waals surface area contributed by atoms with Crippen molar-refractivity contribution in [1.82, 2.24) is 10.6 Å². The van der Waals surface area contributed by atoms with Gasteiger partial charge in [0.15, 0.2) is 0 Å². The molecule has 0 aromatic carbocycles. The van der Waals surface area contributed by atoms with Crippen molar-refractivity contribution in [2.24, 2.45) is 0 Å². The summed E-state index contributed by atoms with van der Waals surface area (Å²) in [7, 11) is 0. The van der Waals surface area contributed by atoms with E-state index in [0.29, 0.717) is 5.76 Å². The van der Waals surface area contributed by atoms with Gasteiger partial charge in [-0.3, -0.25) is 0 Å². The van der Waals surface area contributed by atoms with Crippen LogP contribution in [0.1, 0.15) is 23.2 Å². The number of rotatable bonds is 6. The molecule has 0 bridgehead atoms. The summed E-state index contributed by atoms with van der Waals surface area (Å²) in [6.07, 6.45) is 1.96. The first kappa shape index (κ1) is 14.4. The Morgan fingerprint density at radius 3 is 2.78 bits per heavy atom. The van der Waals surface area contributed by atoms with E-state index in [4.69, 9.17) is 9.52 Å². The van der Waals surface area contributed by atoms with Gasteiger partial charge in [-0.25, -0.2) is 9.59 Å². The fraction of sp³-hybridized carbons (Fsp3) is 0.455. The van der Waals surface area contributed by atoms with E-state index in [2.05, 4.69) is 10.6 Å². The Labute approximate surface area is 109 Å². The first-order chi connectivity index (χ1) is 8.52. The number of hydrogen-bond acceptors (Lipinski definition) is 4. The van der Waals surface area contributed by atoms with E-state index in [9.17, 15) is 9.59 Å². The second kappa shape index (κ2) is 6.95. The Kier molecular flexibility index (Phi) is 5.57. The van der Waals surface area contributed by atoms with E-state index < -0.39 is 5.97 Å². The molecule has 18 heavy (non-hydrogen) atoms. The summed E-state index contributed by atoms with van der Waals surface area (Å²) in [6, 6.07) is 2.65. The van der Waals surface area contributed by atoms with Crippen molar-refractivity contribution in [3.8, 4) is 0 Å². The van der Waals surface area contributed by atoms with Gasteiger partial charge in [0.05, 0.1) is 6.54 Å². The van der Waals surface area contributed by atoms with Gasteiger partial charge in [0.25, 0.3) is 0 Å². The minimum Gasteiger partial charge on any atom is -0.475 e. The van der Waals surface area contributed by atoms with Crippen molar-refractivity contribution in [2.45, 2.75) is 19.5 Å². The molecular weight excluding hydrogens is 256 g/mol. The number of carboxylic acids is 1. The summed E-state index contributed by atoms with van der Waals surface area (Å²) in [5.41, 5.74) is 0. The molecular formula is C11H16N2O4S. The molecule has 0 fully saturated rings. The van der Waals surface area contributed by atoms with Crippen molar-refractivity contribution in [2.75, 3.05) is 12.0 Å². The lowest BCUT2D eigenvalue weighted by Gasteiger charge is -2.12. The minimum absolute atomic E-state index is 0.0752. The topological polar surface area (TPSA) is 91.6 Å². The predicted molar refractivity (Wildman–Crippen MR) is 68.9 cm³/mol. The number of carboxylic acid groups (broad SMARTS) is 1. The van der Waals surface area contributed by atoms with Crippen LogP contribution in [0.15, 0.2) is 16.5 Å². The molecule has 1 unspecified atom stereocenters. The number of urea groups is 1. The van der Waals surface area contributed by atoms with E-state index in [1.165, 1.54) is 12.1 Å². The summed E-state index contributed by atoms with van der Waals surface area (Å²) >= 11 is 1.65. The quantitative estimate of drug-likeness (QED) is 0.730. The first-order valence-electron chi connectivity index (χ1n) is 5.38. The molecule has 0 spiro atoms. The molecule has 0 radical (unpaired) electrons. The molecule has 0 aliphatic rings. The molecule has 1 aromatic heterocycles. The maximum absolute atomic E-state index is 11.5. The van der Waals surface area contributed by atoms with Crippen LogP contribution in [0.5, 0.6) is 0 Å². The van der Waals surface area contributed by atoms with Gasteiger partial charge in [-0.1, -0.05) is 0 Å². The van der Waals surface area contributed by atoms with Crippen LogP contribution in [0.25, 0.3) is 0 Å². The molecule has 0 saturated heterocycles. The third-order valence-corrected chi connectivity index (χ3v) is 2.92.